The lowest BCUT2D eigenvalue weighted by Gasteiger charge is -2.17. The molecule has 0 saturated carbocycles. The van der Waals surface area contributed by atoms with Gasteiger partial charge in [-0.1, -0.05) is 38.3 Å². The molecule has 1 amide bonds. The van der Waals surface area contributed by atoms with E-state index in [9.17, 15) is 4.79 Å². The van der Waals surface area contributed by atoms with Gasteiger partial charge in [-0.3, -0.25) is 4.79 Å². The van der Waals surface area contributed by atoms with Crippen LogP contribution in [-0.4, -0.2) is 12.5 Å². The maximum absolute atomic E-state index is 12.1. The molecular formula is C20H37NO. The molecule has 2 nitrogen and oxygen atoms in total. The van der Waals surface area contributed by atoms with Crippen LogP contribution < -0.4 is 5.32 Å². The Morgan fingerprint density at radius 2 is 1.82 bits per heavy atom. The van der Waals surface area contributed by atoms with Gasteiger partial charge in [0.15, 0.2) is 0 Å². The molecule has 0 aromatic rings. The van der Waals surface area contributed by atoms with Crippen LogP contribution in [0.1, 0.15) is 78.6 Å². The highest BCUT2D eigenvalue weighted by Gasteiger charge is 2.15. The average molecular weight is 308 g/mol. The van der Waals surface area contributed by atoms with Crippen molar-refractivity contribution in [2.45, 2.75) is 78.6 Å². The van der Waals surface area contributed by atoms with Crippen molar-refractivity contribution in [3.63, 3.8) is 0 Å². The van der Waals surface area contributed by atoms with E-state index in [2.05, 4.69) is 39.2 Å². The summed E-state index contributed by atoms with van der Waals surface area (Å²) in [5.41, 5.74) is 1.28. The lowest BCUT2D eigenvalue weighted by atomic mass is 9.93. The number of allylic oxidation sites excluding steroid dienone is 2. The molecule has 0 aliphatic carbocycles. The van der Waals surface area contributed by atoms with Gasteiger partial charge in [0, 0.05) is 12.5 Å². The minimum atomic E-state index is 0.149. The highest BCUT2D eigenvalue weighted by atomic mass is 16.1. The van der Waals surface area contributed by atoms with Crippen molar-refractivity contribution in [2.24, 2.45) is 11.8 Å². The molecule has 0 fully saturated rings. The van der Waals surface area contributed by atoms with Gasteiger partial charge in [0.25, 0.3) is 0 Å². The molecule has 22 heavy (non-hydrogen) atoms. The van der Waals surface area contributed by atoms with E-state index in [1.54, 1.807) is 0 Å². The molecular weight excluding hydrogens is 270 g/mol. The van der Waals surface area contributed by atoms with Crippen molar-refractivity contribution in [3.05, 3.63) is 24.8 Å². The van der Waals surface area contributed by atoms with Crippen molar-refractivity contribution >= 4 is 5.91 Å². The summed E-state index contributed by atoms with van der Waals surface area (Å²) in [5, 5.41) is 3.11. The maximum atomic E-state index is 12.1. The summed E-state index contributed by atoms with van der Waals surface area (Å²) in [6.45, 7) is 15.0. The average Bonchev–Trinajstić information content (AvgIpc) is 2.50. The molecule has 0 unspecified atom stereocenters. The van der Waals surface area contributed by atoms with Crippen LogP contribution in [0.5, 0.6) is 0 Å². The van der Waals surface area contributed by atoms with Crippen molar-refractivity contribution in [1.29, 1.82) is 0 Å². The van der Waals surface area contributed by atoms with Crippen molar-refractivity contribution in [2.75, 3.05) is 6.54 Å². The summed E-state index contributed by atoms with van der Waals surface area (Å²) >= 11 is 0. The van der Waals surface area contributed by atoms with Crippen LogP contribution in [0.2, 0.25) is 0 Å². The summed E-state index contributed by atoms with van der Waals surface area (Å²) in [7, 11) is 0. The van der Waals surface area contributed by atoms with Crippen LogP contribution in [0.4, 0.5) is 0 Å². The minimum absolute atomic E-state index is 0.149. The molecule has 0 saturated heterocycles. The van der Waals surface area contributed by atoms with Crippen LogP contribution in [-0.2, 0) is 4.79 Å². The standard InChI is InChI=1S/C20H37NO/c1-6-9-15-19(8-3)20(22)21-16-11-14-18(7-2)13-10-12-17(4)5/h6,18-19H,1,4,7-16H2,2-3,5H3,(H,21,22)/t18-,19+/m0/s1. The molecule has 0 aliphatic heterocycles. The molecule has 2 atom stereocenters. The van der Waals surface area contributed by atoms with E-state index in [-0.39, 0.29) is 11.8 Å². The Kier molecular flexibility index (Phi) is 13.0. The van der Waals surface area contributed by atoms with Crippen LogP contribution in [0, 0.1) is 11.8 Å². The summed E-state index contributed by atoms with van der Waals surface area (Å²) in [4.78, 5) is 12.1. The molecule has 0 rings (SSSR count). The number of carbonyl (C=O) groups is 1. The Morgan fingerprint density at radius 3 is 2.36 bits per heavy atom. The first-order valence-electron chi connectivity index (χ1n) is 9.08. The number of hydrogen-bond donors (Lipinski definition) is 1. The van der Waals surface area contributed by atoms with Crippen molar-refractivity contribution < 1.29 is 4.79 Å². The Bertz CT molecular complexity index is 322. The molecule has 0 bridgehead atoms. The summed E-state index contributed by atoms with van der Waals surface area (Å²) in [6, 6.07) is 0. The van der Waals surface area contributed by atoms with E-state index in [1.807, 2.05) is 6.08 Å². The maximum Gasteiger partial charge on any atom is 0.223 e. The minimum Gasteiger partial charge on any atom is -0.356 e. The highest BCUT2D eigenvalue weighted by molar-refractivity contribution is 5.78. The lowest BCUT2D eigenvalue weighted by molar-refractivity contribution is -0.125. The monoisotopic (exact) mass is 307 g/mol. The third-order valence-corrected chi connectivity index (χ3v) is 4.46. The number of rotatable bonds is 14. The molecule has 0 radical (unpaired) electrons. The highest BCUT2D eigenvalue weighted by Crippen LogP contribution is 2.19. The first kappa shape index (κ1) is 20.9. The molecule has 1 N–H and O–H groups in total. The molecule has 0 aromatic heterocycles. The fourth-order valence-corrected chi connectivity index (χ4v) is 2.83. The van der Waals surface area contributed by atoms with Gasteiger partial charge < -0.3 is 5.32 Å². The van der Waals surface area contributed by atoms with E-state index in [1.165, 1.54) is 31.3 Å². The van der Waals surface area contributed by atoms with Gasteiger partial charge in [0.1, 0.15) is 0 Å². The Balaban J connectivity index is 3.85. The summed E-state index contributed by atoms with van der Waals surface area (Å²) in [5.74, 6) is 1.16. The van der Waals surface area contributed by atoms with Crippen LogP contribution in [0.25, 0.3) is 0 Å². The molecule has 2 heteroatoms. The fraction of sp³-hybridized carbons (Fsp3) is 0.750. The number of hydrogen-bond acceptors (Lipinski definition) is 1. The van der Waals surface area contributed by atoms with Crippen LogP contribution in [0.15, 0.2) is 24.8 Å². The number of carbonyl (C=O) groups excluding carboxylic acids is 1. The van der Waals surface area contributed by atoms with Gasteiger partial charge in [-0.15, -0.1) is 13.2 Å². The zero-order chi connectivity index (χ0) is 16.8. The van der Waals surface area contributed by atoms with E-state index in [0.717, 1.165) is 44.6 Å². The molecule has 0 spiro atoms. The molecule has 0 heterocycles. The van der Waals surface area contributed by atoms with E-state index in [4.69, 9.17) is 0 Å². The van der Waals surface area contributed by atoms with Gasteiger partial charge in [0.2, 0.25) is 5.91 Å². The zero-order valence-corrected chi connectivity index (χ0v) is 15.1. The Hall–Kier alpha value is -1.05. The quantitative estimate of drug-likeness (QED) is 0.326. The normalized spacial score (nSPS) is 13.4. The van der Waals surface area contributed by atoms with Crippen LogP contribution >= 0.6 is 0 Å². The predicted octanol–water partition coefficient (Wildman–Crippen LogP) is 5.65. The van der Waals surface area contributed by atoms with Gasteiger partial charge in [-0.2, -0.15) is 0 Å². The second-order valence-corrected chi connectivity index (χ2v) is 6.53. The van der Waals surface area contributed by atoms with E-state index < -0.39 is 0 Å². The van der Waals surface area contributed by atoms with Crippen molar-refractivity contribution in [3.8, 4) is 0 Å². The fourth-order valence-electron chi connectivity index (χ4n) is 2.83. The molecule has 128 valence electrons. The topological polar surface area (TPSA) is 29.1 Å². The smallest absolute Gasteiger partial charge is 0.223 e. The van der Waals surface area contributed by atoms with Crippen molar-refractivity contribution in [1.82, 2.24) is 5.32 Å². The van der Waals surface area contributed by atoms with E-state index in [0.29, 0.717) is 0 Å². The zero-order valence-electron chi connectivity index (χ0n) is 15.1. The molecule has 0 aliphatic rings. The first-order valence-corrected chi connectivity index (χ1v) is 9.08. The van der Waals surface area contributed by atoms with Gasteiger partial charge in [-0.05, 0) is 57.8 Å². The third kappa shape index (κ3) is 10.6. The van der Waals surface area contributed by atoms with Gasteiger partial charge in [-0.25, -0.2) is 0 Å². The summed E-state index contributed by atoms with van der Waals surface area (Å²) in [6.07, 6.45) is 11.9. The SMILES string of the molecule is C=CCC[C@@H](CC)C(=O)NCCC[C@@H](CC)CCCC(=C)C. The first-order chi connectivity index (χ1) is 10.5. The van der Waals surface area contributed by atoms with Gasteiger partial charge >= 0.3 is 0 Å². The number of nitrogens with one attached hydrogen (secondary N) is 1. The predicted molar refractivity (Wildman–Crippen MR) is 97.9 cm³/mol. The second kappa shape index (κ2) is 13.6. The largest absolute Gasteiger partial charge is 0.356 e. The third-order valence-electron chi connectivity index (χ3n) is 4.46. The Labute approximate surface area is 138 Å². The lowest BCUT2D eigenvalue weighted by Crippen LogP contribution is -2.31. The van der Waals surface area contributed by atoms with Crippen LogP contribution in [0.3, 0.4) is 0 Å². The Morgan fingerprint density at radius 1 is 1.14 bits per heavy atom. The second-order valence-electron chi connectivity index (χ2n) is 6.53. The summed E-state index contributed by atoms with van der Waals surface area (Å²) < 4.78 is 0. The van der Waals surface area contributed by atoms with Gasteiger partial charge in [0.05, 0.1) is 0 Å². The van der Waals surface area contributed by atoms with E-state index >= 15 is 0 Å². The number of amides is 1. The molecule has 0 aromatic carbocycles.